The van der Waals surface area contributed by atoms with E-state index in [1.54, 1.807) is 12.1 Å². The lowest BCUT2D eigenvalue weighted by Gasteiger charge is -2.14. The van der Waals surface area contributed by atoms with E-state index < -0.39 is 8.46 Å². The van der Waals surface area contributed by atoms with Gasteiger partial charge in [0.1, 0.15) is 5.75 Å². The zero-order valence-corrected chi connectivity index (χ0v) is 20.6. The monoisotopic (exact) mass is 443 g/mol. The lowest BCUT2D eigenvalue weighted by Crippen LogP contribution is -2.17. The van der Waals surface area contributed by atoms with Crippen LogP contribution in [0.25, 0.3) is 0 Å². The van der Waals surface area contributed by atoms with Gasteiger partial charge in [-0.05, 0) is 56.4 Å². The molecule has 0 aliphatic rings. The third kappa shape index (κ3) is 6.64. The second kappa shape index (κ2) is 12.6. The predicted molar refractivity (Wildman–Crippen MR) is 129 cm³/mol. The van der Waals surface area contributed by atoms with Crippen molar-refractivity contribution in [3.05, 3.63) is 52.1 Å². The van der Waals surface area contributed by atoms with Gasteiger partial charge in [0.2, 0.25) is 5.30 Å². The minimum absolute atomic E-state index is 0.142. The Kier molecular flexibility index (Phi) is 10.2. The quantitative estimate of drug-likeness (QED) is 0.198. The second-order valence-electron chi connectivity index (χ2n) is 8.07. The molecule has 5 heteroatoms. The first-order valence-electron chi connectivity index (χ1n) is 11.4. The number of carbonyl (C=O) groups is 1. The highest BCUT2D eigenvalue weighted by Crippen LogP contribution is 2.28. The van der Waals surface area contributed by atoms with E-state index in [1.807, 2.05) is 32.9 Å². The van der Waals surface area contributed by atoms with Crippen molar-refractivity contribution in [3.63, 3.8) is 0 Å². The zero-order valence-electron chi connectivity index (χ0n) is 19.6. The molecule has 0 radical (unpaired) electrons. The molecule has 0 saturated carbocycles. The summed E-state index contributed by atoms with van der Waals surface area (Å²) < 4.78 is 24.1. The van der Waals surface area contributed by atoms with Gasteiger partial charge in [0.15, 0.2) is 11.5 Å². The average Bonchev–Trinajstić information content (AvgIpc) is 2.77. The van der Waals surface area contributed by atoms with E-state index in [2.05, 4.69) is 13.8 Å². The number of ketones is 1. The summed E-state index contributed by atoms with van der Waals surface area (Å²) in [6.45, 7) is 11.4. The molecule has 0 amide bonds. The molecular formula is C26H36O4P+. The number of aryl methyl sites for hydroxylation is 1. The molecule has 1 unspecified atom stereocenters. The second-order valence-corrected chi connectivity index (χ2v) is 8.77. The van der Waals surface area contributed by atoms with E-state index >= 15 is 0 Å². The molecule has 0 N–H and O–H groups in total. The van der Waals surface area contributed by atoms with Gasteiger partial charge in [-0.2, -0.15) is 0 Å². The fourth-order valence-electron chi connectivity index (χ4n) is 3.50. The highest BCUT2D eigenvalue weighted by Gasteiger charge is 2.26. The lowest BCUT2D eigenvalue weighted by atomic mass is 9.93. The molecule has 0 spiro atoms. The number of hydrogen-bond acceptors (Lipinski definition) is 4. The maximum atomic E-state index is 13.5. The highest BCUT2D eigenvalue weighted by molar-refractivity contribution is 7.34. The van der Waals surface area contributed by atoms with E-state index in [9.17, 15) is 9.36 Å². The Bertz CT molecular complexity index is 905. The molecule has 0 fully saturated rings. The minimum Gasteiger partial charge on any atom is -0.493 e. The first-order valence-corrected chi connectivity index (χ1v) is 12.3. The van der Waals surface area contributed by atoms with Gasteiger partial charge in [0.25, 0.3) is 0 Å². The smallest absolute Gasteiger partial charge is 0.367 e. The van der Waals surface area contributed by atoms with Gasteiger partial charge in [0, 0.05) is 11.6 Å². The third-order valence-electron chi connectivity index (χ3n) is 5.75. The molecule has 0 heterocycles. The summed E-state index contributed by atoms with van der Waals surface area (Å²) in [6.07, 6.45) is 6.23. The molecule has 0 saturated heterocycles. The molecule has 2 rings (SSSR count). The molecule has 31 heavy (non-hydrogen) atoms. The molecular weight excluding hydrogens is 407 g/mol. The molecule has 0 aliphatic heterocycles. The Labute approximate surface area is 188 Å². The normalized spacial score (nSPS) is 11.0. The summed E-state index contributed by atoms with van der Waals surface area (Å²) in [5.41, 5.74) is 4.22. The van der Waals surface area contributed by atoms with Gasteiger partial charge in [-0.1, -0.05) is 56.2 Å². The third-order valence-corrected chi connectivity index (χ3v) is 6.47. The summed E-state index contributed by atoms with van der Waals surface area (Å²) in [6, 6.07) is 7.32. The van der Waals surface area contributed by atoms with Crippen molar-refractivity contribution in [1.82, 2.24) is 0 Å². The standard InChI is InChI=1S/C26H35O4P/c1-6-8-10-14-29-21-16-23(25(27)22-13-12-18(3)19(4)20(22)5)26(31-28)24(17-21)30-15-11-9-7-2/h12-13,16-17H,6-11,14-15H2,1-5H3/p+1. The van der Waals surface area contributed by atoms with Gasteiger partial charge in [-0.25, -0.2) is 0 Å². The number of unbranched alkanes of at least 4 members (excludes halogenated alkanes) is 4. The van der Waals surface area contributed by atoms with Crippen molar-refractivity contribution in [2.75, 3.05) is 13.2 Å². The van der Waals surface area contributed by atoms with Crippen LogP contribution in [0.3, 0.4) is 0 Å². The van der Waals surface area contributed by atoms with E-state index in [4.69, 9.17) is 9.47 Å². The molecule has 168 valence electrons. The SMILES string of the molecule is CCCCCOc1cc(OCCCCC)c([PH+]=O)c(C(=O)c2ccc(C)c(C)c2C)c1. The zero-order chi connectivity index (χ0) is 22.8. The molecule has 2 aromatic rings. The summed E-state index contributed by atoms with van der Waals surface area (Å²) >= 11 is 0. The Balaban J connectivity index is 2.45. The van der Waals surface area contributed by atoms with E-state index in [0.717, 1.165) is 55.2 Å². The van der Waals surface area contributed by atoms with Crippen LogP contribution >= 0.6 is 8.46 Å². The van der Waals surface area contributed by atoms with Crippen LogP contribution in [0.1, 0.15) is 85.0 Å². The first-order chi connectivity index (χ1) is 14.9. The number of rotatable bonds is 13. The summed E-state index contributed by atoms with van der Waals surface area (Å²) in [5.74, 6) is 0.937. The fourth-order valence-corrected chi connectivity index (χ4v) is 4.04. The first kappa shape index (κ1) is 25.1. The van der Waals surface area contributed by atoms with Gasteiger partial charge in [-0.3, -0.25) is 4.79 Å². The maximum absolute atomic E-state index is 13.5. The number of benzene rings is 2. The number of ether oxygens (including phenoxy) is 2. The number of carbonyl (C=O) groups excluding carboxylic acids is 1. The molecule has 2 aromatic carbocycles. The van der Waals surface area contributed by atoms with Crippen molar-refractivity contribution >= 4 is 19.5 Å². The van der Waals surface area contributed by atoms with Crippen LogP contribution in [0.5, 0.6) is 11.5 Å². The maximum Gasteiger partial charge on any atom is 0.367 e. The topological polar surface area (TPSA) is 52.6 Å². The molecule has 4 nitrogen and oxygen atoms in total. The van der Waals surface area contributed by atoms with Gasteiger partial charge in [0.05, 0.1) is 18.8 Å². The van der Waals surface area contributed by atoms with Crippen molar-refractivity contribution < 1.29 is 18.8 Å². The largest absolute Gasteiger partial charge is 0.493 e. The van der Waals surface area contributed by atoms with Crippen LogP contribution < -0.4 is 14.8 Å². The summed E-state index contributed by atoms with van der Waals surface area (Å²) in [4.78, 5) is 13.5. The van der Waals surface area contributed by atoms with Crippen LogP contribution in [0.4, 0.5) is 0 Å². The molecule has 0 bridgehead atoms. The summed E-state index contributed by atoms with van der Waals surface area (Å²) in [5, 5.41) is 0.444. The molecule has 0 aliphatic carbocycles. The van der Waals surface area contributed by atoms with Crippen LogP contribution in [-0.4, -0.2) is 19.0 Å². The van der Waals surface area contributed by atoms with Crippen molar-refractivity contribution in [1.29, 1.82) is 0 Å². The van der Waals surface area contributed by atoms with E-state index in [0.29, 0.717) is 41.1 Å². The lowest BCUT2D eigenvalue weighted by molar-refractivity contribution is 0.103. The minimum atomic E-state index is -0.783. The Morgan fingerprint density at radius 3 is 2.10 bits per heavy atom. The fraction of sp³-hybridized carbons (Fsp3) is 0.500. The predicted octanol–water partition coefficient (Wildman–Crippen LogP) is 6.63. The van der Waals surface area contributed by atoms with Gasteiger partial charge >= 0.3 is 8.46 Å². The van der Waals surface area contributed by atoms with Crippen LogP contribution in [-0.2, 0) is 4.57 Å². The Morgan fingerprint density at radius 1 is 0.839 bits per heavy atom. The average molecular weight is 444 g/mol. The van der Waals surface area contributed by atoms with Crippen LogP contribution in [0, 0.1) is 20.8 Å². The molecule has 0 aromatic heterocycles. The number of hydrogen-bond donors (Lipinski definition) is 0. The van der Waals surface area contributed by atoms with Crippen molar-refractivity contribution in [3.8, 4) is 11.5 Å². The Hall–Kier alpha value is -2.19. The summed E-state index contributed by atoms with van der Waals surface area (Å²) in [7, 11) is -0.783. The molecule has 1 atom stereocenters. The Morgan fingerprint density at radius 2 is 1.48 bits per heavy atom. The van der Waals surface area contributed by atoms with Crippen molar-refractivity contribution in [2.24, 2.45) is 0 Å². The van der Waals surface area contributed by atoms with Crippen LogP contribution in [0.15, 0.2) is 24.3 Å². The van der Waals surface area contributed by atoms with E-state index in [-0.39, 0.29) is 5.78 Å². The van der Waals surface area contributed by atoms with E-state index in [1.165, 1.54) is 0 Å². The van der Waals surface area contributed by atoms with Gasteiger partial charge < -0.3 is 9.47 Å². The van der Waals surface area contributed by atoms with Crippen molar-refractivity contribution in [2.45, 2.75) is 73.1 Å². The highest BCUT2D eigenvalue weighted by atomic mass is 31.1. The van der Waals surface area contributed by atoms with Gasteiger partial charge in [-0.15, -0.1) is 0 Å². The van der Waals surface area contributed by atoms with Crippen LogP contribution in [0.2, 0.25) is 0 Å².